The standard InChI is InChI=1S/C13H19N3S/c1-12-3-4-13(17-12)11-16-9-7-15(8-10-16)6-2-5-14/h3-4H,2,6-11H2,1H3. The fourth-order valence-corrected chi connectivity index (χ4v) is 3.10. The lowest BCUT2D eigenvalue weighted by Crippen LogP contribution is -2.45. The number of thiophene rings is 1. The number of hydrogen-bond acceptors (Lipinski definition) is 4. The van der Waals surface area contributed by atoms with Crippen molar-refractivity contribution in [3.05, 3.63) is 21.9 Å². The third-order valence-electron chi connectivity index (χ3n) is 3.18. The van der Waals surface area contributed by atoms with Crippen molar-refractivity contribution in [1.82, 2.24) is 9.80 Å². The van der Waals surface area contributed by atoms with E-state index in [0.717, 1.165) is 39.3 Å². The van der Waals surface area contributed by atoms with Crippen molar-refractivity contribution in [2.45, 2.75) is 19.9 Å². The van der Waals surface area contributed by atoms with Crippen LogP contribution in [0.3, 0.4) is 0 Å². The molecule has 4 heteroatoms. The molecule has 0 amide bonds. The first-order valence-electron chi connectivity index (χ1n) is 6.15. The monoisotopic (exact) mass is 249 g/mol. The highest BCUT2D eigenvalue weighted by molar-refractivity contribution is 7.11. The topological polar surface area (TPSA) is 30.3 Å². The molecular weight excluding hydrogens is 230 g/mol. The van der Waals surface area contributed by atoms with Gasteiger partial charge in [0.05, 0.1) is 6.07 Å². The van der Waals surface area contributed by atoms with Gasteiger partial charge in [0, 0.05) is 55.4 Å². The van der Waals surface area contributed by atoms with Crippen LogP contribution >= 0.6 is 11.3 Å². The van der Waals surface area contributed by atoms with E-state index in [0.29, 0.717) is 6.42 Å². The van der Waals surface area contributed by atoms with Crippen LogP contribution in [0.25, 0.3) is 0 Å². The second-order valence-corrected chi connectivity index (χ2v) is 5.91. The maximum Gasteiger partial charge on any atom is 0.0635 e. The van der Waals surface area contributed by atoms with E-state index >= 15 is 0 Å². The lowest BCUT2D eigenvalue weighted by atomic mass is 10.3. The van der Waals surface area contributed by atoms with E-state index in [-0.39, 0.29) is 0 Å². The summed E-state index contributed by atoms with van der Waals surface area (Å²) in [5, 5.41) is 8.56. The third kappa shape index (κ3) is 3.81. The lowest BCUT2D eigenvalue weighted by molar-refractivity contribution is 0.130. The molecule has 2 rings (SSSR count). The number of nitrogens with zero attached hydrogens (tertiary/aromatic N) is 3. The van der Waals surface area contributed by atoms with Crippen molar-refractivity contribution in [3.8, 4) is 6.07 Å². The summed E-state index contributed by atoms with van der Waals surface area (Å²) < 4.78 is 0. The molecule has 0 unspecified atom stereocenters. The SMILES string of the molecule is Cc1ccc(CN2CCN(CCC#N)CC2)s1. The van der Waals surface area contributed by atoms with E-state index in [1.165, 1.54) is 9.75 Å². The van der Waals surface area contributed by atoms with Gasteiger partial charge in [0.2, 0.25) is 0 Å². The highest BCUT2D eigenvalue weighted by Gasteiger charge is 2.16. The summed E-state index contributed by atoms with van der Waals surface area (Å²) >= 11 is 1.90. The molecule has 17 heavy (non-hydrogen) atoms. The molecule has 1 saturated heterocycles. The number of aryl methyl sites for hydroxylation is 1. The molecule has 0 saturated carbocycles. The molecule has 0 spiro atoms. The van der Waals surface area contributed by atoms with Gasteiger partial charge in [0.1, 0.15) is 0 Å². The van der Waals surface area contributed by atoms with Crippen LogP contribution < -0.4 is 0 Å². The lowest BCUT2D eigenvalue weighted by Gasteiger charge is -2.34. The number of hydrogen-bond donors (Lipinski definition) is 0. The van der Waals surface area contributed by atoms with Crippen molar-refractivity contribution >= 4 is 11.3 Å². The number of nitriles is 1. The fraction of sp³-hybridized carbons (Fsp3) is 0.615. The van der Waals surface area contributed by atoms with Gasteiger partial charge in [-0.3, -0.25) is 9.80 Å². The van der Waals surface area contributed by atoms with Crippen LogP contribution in [0.15, 0.2) is 12.1 Å². The molecule has 2 heterocycles. The van der Waals surface area contributed by atoms with Crippen molar-refractivity contribution in [2.24, 2.45) is 0 Å². The Labute approximate surface area is 107 Å². The Morgan fingerprint density at radius 3 is 2.53 bits per heavy atom. The summed E-state index contributed by atoms with van der Waals surface area (Å²) in [5.41, 5.74) is 0. The second kappa shape index (κ2) is 6.15. The van der Waals surface area contributed by atoms with Gasteiger partial charge in [0.25, 0.3) is 0 Å². The number of rotatable bonds is 4. The summed E-state index contributed by atoms with van der Waals surface area (Å²) in [5.74, 6) is 0. The van der Waals surface area contributed by atoms with E-state index in [9.17, 15) is 0 Å². The minimum atomic E-state index is 0.657. The Bertz CT molecular complexity index is 386. The molecule has 0 N–H and O–H groups in total. The highest BCUT2D eigenvalue weighted by Crippen LogP contribution is 2.17. The number of piperazine rings is 1. The average Bonchev–Trinajstić information content (AvgIpc) is 2.74. The molecule has 0 aliphatic carbocycles. The summed E-state index contributed by atoms with van der Waals surface area (Å²) in [6.45, 7) is 8.64. The first-order valence-corrected chi connectivity index (χ1v) is 6.96. The minimum Gasteiger partial charge on any atom is -0.300 e. The van der Waals surface area contributed by atoms with Gasteiger partial charge in [-0.2, -0.15) is 5.26 Å². The average molecular weight is 249 g/mol. The molecule has 1 aromatic rings. The summed E-state index contributed by atoms with van der Waals surface area (Å²) in [4.78, 5) is 7.76. The minimum absolute atomic E-state index is 0.657. The van der Waals surface area contributed by atoms with Gasteiger partial charge in [-0.1, -0.05) is 0 Å². The Balaban J connectivity index is 1.74. The van der Waals surface area contributed by atoms with E-state index in [1.54, 1.807) is 0 Å². The second-order valence-electron chi connectivity index (χ2n) is 4.54. The summed E-state index contributed by atoms with van der Waals surface area (Å²) in [7, 11) is 0. The van der Waals surface area contributed by atoms with Crippen LogP contribution in [0.4, 0.5) is 0 Å². The highest BCUT2D eigenvalue weighted by atomic mass is 32.1. The van der Waals surface area contributed by atoms with Crippen LogP contribution in [-0.2, 0) is 6.54 Å². The third-order valence-corrected chi connectivity index (χ3v) is 4.17. The fourth-order valence-electron chi connectivity index (χ4n) is 2.17. The quantitative estimate of drug-likeness (QED) is 0.818. The van der Waals surface area contributed by atoms with Crippen molar-refractivity contribution in [3.63, 3.8) is 0 Å². The predicted molar refractivity (Wildman–Crippen MR) is 71.0 cm³/mol. The first-order chi connectivity index (χ1) is 8.28. The maximum atomic E-state index is 8.56. The van der Waals surface area contributed by atoms with Gasteiger partial charge >= 0.3 is 0 Å². The molecule has 1 aliphatic heterocycles. The zero-order valence-electron chi connectivity index (χ0n) is 10.4. The zero-order valence-corrected chi connectivity index (χ0v) is 11.2. The maximum absolute atomic E-state index is 8.56. The van der Waals surface area contributed by atoms with E-state index in [1.807, 2.05) is 11.3 Å². The molecule has 0 radical (unpaired) electrons. The molecule has 0 atom stereocenters. The molecule has 0 bridgehead atoms. The van der Waals surface area contributed by atoms with Gasteiger partial charge in [-0.05, 0) is 19.1 Å². The summed E-state index contributed by atoms with van der Waals surface area (Å²) in [6, 6.07) is 6.65. The van der Waals surface area contributed by atoms with Crippen LogP contribution in [0.5, 0.6) is 0 Å². The molecule has 92 valence electrons. The largest absolute Gasteiger partial charge is 0.300 e. The smallest absolute Gasteiger partial charge is 0.0635 e. The van der Waals surface area contributed by atoms with Crippen molar-refractivity contribution in [1.29, 1.82) is 5.26 Å². The molecule has 1 fully saturated rings. The molecule has 1 aliphatic rings. The summed E-state index contributed by atoms with van der Waals surface area (Å²) in [6.07, 6.45) is 0.657. The Hall–Kier alpha value is -0.890. The Morgan fingerprint density at radius 1 is 1.24 bits per heavy atom. The zero-order chi connectivity index (χ0) is 12.1. The first kappa shape index (κ1) is 12.6. The molecule has 3 nitrogen and oxygen atoms in total. The van der Waals surface area contributed by atoms with E-state index in [4.69, 9.17) is 5.26 Å². The van der Waals surface area contributed by atoms with Gasteiger partial charge in [-0.15, -0.1) is 11.3 Å². The molecule has 1 aromatic heterocycles. The Kier molecular flexibility index (Phi) is 4.55. The predicted octanol–water partition coefficient (Wildman–Crippen LogP) is 2.09. The van der Waals surface area contributed by atoms with Crippen molar-refractivity contribution < 1.29 is 0 Å². The van der Waals surface area contributed by atoms with Gasteiger partial charge < -0.3 is 0 Å². The van der Waals surface area contributed by atoms with Crippen molar-refractivity contribution in [2.75, 3.05) is 32.7 Å². The Morgan fingerprint density at radius 2 is 1.94 bits per heavy atom. The normalized spacial score (nSPS) is 18.1. The van der Waals surface area contributed by atoms with E-state index < -0.39 is 0 Å². The van der Waals surface area contributed by atoms with Gasteiger partial charge in [-0.25, -0.2) is 0 Å². The van der Waals surface area contributed by atoms with Crippen LogP contribution in [0.1, 0.15) is 16.2 Å². The molecular formula is C13H19N3S. The van der Waals surface area contributed by atoms with Crippen LogP contribution in [0.2, 0.25) is 0 Å². The molecule has 0 aromatic carbocycles. The van der Waals surface area contributed by atoms with Gasteiger partial charge in [0.15, 0.2) is 0 Å². The van der Waals surface area contributed by atoms with Crippen LogP contribution in [0, 0.1) is 18.3 Å². The van der Waals surface area contributed by atoms with E-state index in [2.05, 4.69) is 34.9 Å². The van der Waals surface area contributed by atoms with Crippen LogP contribution in [-0.4, -0.2) is 42.5 Å².